The van der Waals surface area contributed by atoms with Gasteiger partial charge in [-0.3, -0.25) is 0 Å². The van der Waals surface area contributed by atoms with Gasteiger partial charge in [-0.2, -0.15) is 5.10 Å². The van der Waals surface area contributed by atoms with Crippen LogP contribution in [0.25, 0.3) is 22.0 Å². The number of halogens is 3. The second-order valence-corrected chi connectivity index (χ2v) is 6.95. The van der Waals surface area contributed by atoms with Crippen molar-refractivity contribution in [1.29, 1.82) is 0 Å². The fraction of sp³-hybridized carbons (Fsp3) is 0.412. The Kier molecular flexibility index (Phi) is 4.56. The van der Waals surface area contributed by atoms with Crippen LogP contribution in [0, 0.1) is 0 Å². The Labute approximate surface area is 151 Å². The number of alkyl halides is 2. The Hall–Kier alpha value is -1.80. The largest absolute Gasteiger partial charge is 0.357 e. The monoisotopic (exact) mass is 410 g/mol. The normalized spacial score (nSPS) is 18.3. The lowest BCUT2D eigenvalue weighted by Crippen LogP contribution is -2.18. The number of nitrogens with zero attached hydrogens (tertiary/aromatic N) is 4. The zero-order chi connectivity index (χ0) is 17.4. The van der Waals surface area contributed by atoms with Gasteiger partial charge in [-0.05, 0) is 41.3 Å². The molecule has 8 heteroatoms. The highest BCUT2D eigenvalue weighted by atomic mass is 79.9. The lowest BCUT2D eigenvalue weighted by atomic mass is 10.1. The van der Waals surface area contributed by atoms with Crippen molar-refractivity contribution in [3.05, 3.63) is 35.5 Å². The summed E-state index contributed by atoms with van der Waals surface area (Å²) in [5, 5.41) is 5.29. The van der Waals surface area contributed by atoms with Crippen LogP contribution in [0.1, 0.15) is 25.5 Å². The van der Waals surface area contributed by atoms with Crippen molar-refractivity contribution in [2.45, 2.75) is 38.5 Å². The summed E-state index contributed by atoms with van der Waals surface area (Å²) in [6.07, 6.45) is 7.69. The second kappa shape index (κ2) is 6.84. The van der Waals surface area contributed by atoms with E-state index in [1.165, 1.54) is 0 Å². The van der Waals surface area contributed by atoms with Crippen molar-refractivity contribution in [1.82, 2.24) is 19.3 Å². The molecule has 0 spiro atoms. The van der Waals surface area contributed by atoms with E-state index in [4.69, 9.17) is 4.74 Å². The van der Waals surface area contributed by atoms with E-state index in [-0.39, 0.29) is 12.8 Å². The maximum absolute atomic E-state index is 12.9. The molecule has 4 rings (SSSR count). The first-order valence-corrected chi connectivity index (χ1v) is 9.00. The van der Waals surface area contributed by atoms with E-state index < -0.39 is 6.43 Å². The molecule has 3 aromatic heterocycles. The number of fused-ring (bicyclic) bond motifs is 1. The van der Waals surface area contributed by atoms with Gasteiger partial charge in [-0.15, -0.1) is 0 Å². The summed E-state index contributed by atoms with van der Waals surface area (Å²) in [5.74, 6) is 0. The SMILES string of the molecule is FC(F)Cn1cc(-c2cnn(C3CCCCO3)c2)c2cc(Br)ncc21. The van der Waals surface area contributed by atoms with Crippen molar-refractivity contribution < 1.29 is 13.5 Å². The Morgan fingerprint density at radius 3 is 2.92 bits per heavy atom. The van der Waals surface area contributed by atoms with Crippen LogP contribution < -0.4 is 0 Å². The Balaban J connectivity index is 1.75. The molecule has 1 fully saturated rings. The third-order valence-corrected chi connectivity index (χ3v) is 4.87. The molecule has 0 aliphatic carbocycles. The fourth-order valence-corrected chi connectivity index (χ4v) is 3.59. The van der Waals surface area contributed by atoms with Gasteiger partial charge in [-0.1, -0.05) is 0 Å². The van der Waals surface area contributed by atoms with Crippen molar-refractivity contribution >= 4 is 26.8 Å². The minimum atomic E-state index is -2.43. The Morgan fingerprint density at radius 1 is 1.28 bits per heavy atom. The van der Waals surface area contributed by atoms with Crippen molar-refractivity contribution in [3.8, 4) is 11.1 Å². The predicted octanol–water partition coefficient (Wildman–Crippen LogP) is 4.63. The van der Waals surface area contributed by atoms with E-state index in [2.05, 4.69) is 26.0 Å². The first-order valence-electron chi connectivity index (χ1n) is 8.20. The number of rotatable bonds is 4. The maximum atomic E-state index is 12.9. The molecule has 0 aromatic carbocycles. The van der Waals surface area contributed by atoms with Crippen LogP contribution in [0.5, 0.6) is 0 Å². The minimum Gasteiger partial charge on any atom is -0.357 e. The molecule has 5 nitrogen and oxygen atoms in total. The van der Waals surface area contributed by atoms with Gasteiger partial charge in [0.15, 0.2) is 0 Å². The Morgan fingerprint density at radius 2 is 2.16 bits per heavy atom. The van der Waals surface area contributed by atoms with Crippen LogP contribution in [0.4, 0.5) is 8.78 Å². The van der Waals surface area contributed by atoms with Crippen LogP contribution >= 0.6 is 15.9 Å². The highest BCUT2D eigenvalue weighted by molar-refractivity contribution is 9.10. The molecule has 1 saturated heterocycles. The summed E-state index contributed by atoms with van der Waals surface area (Å²) in [7, 11) is 0. The summed E-state index contributed by atoms with van der Waals surface area (Å²) in [6, 6.07) is 1.85. The van der Waals surface area contributed by atoms with Gasteiger partial charge in [0.25, 0.3) is 6.43 Å². The topological polar surface area (TPSA) is 44.9 Å². The van der Waals surface area contributed by atoms with Gasteiger partial charge in [-0.25, -0.2) is 18.4 Å². The standard InChI is InChI=1S/C17H17BrF2N4O/c18-15-5-12-13(9-23(10-16(19)20)14(12)7-21-15)11-6-22-24(8-11)17-3-1-2-4-25-17/h5-9,16-17H,1-4,10H2. The zero-order valence-electron chi connectivity index (χ0n) is 13.4. The lowest BCUT2D eigenvalue weighted by molar-refractivity contribution is -0.0394. The van der Waals surface area contributed by atoms with Gasteiger partial charge in [0.2, 0.25) is 0 Å². The predicted molar refractivity (Wildman–Crippen MR) is 93.5 cm³/mol. The number of pyridine rings is 1. The summed E-state index contributed by atoms with van der Waals surface area (Å²) < 4.78 is 35.6. The van der Waals surface area contributed by atoms with Gasteiger partial charge in [0, 0.05) is 35.5 Å². The van der Waals surface area contributed by atoms with Gasteiger partial charge < -0.3 is 9.30 Å². The molecule has 1 atom stereocenters. The summed E-state index contributed by atoms with van der Waals surface area (Å²) in [6.45, 7) is 0.381. The van der Waals surface area contributed by atoms with Gasteiger partial charge >= 0.3 is 0 Å². The third kappa shape index (κ3) is 3.32. The molecule has 1 aliphatic rings. The van der Waals surface area contributed by atoms with Crippen molar-refractivity contribution in [2.24, 2.45) is 0 Å². The zero-order valence-corrected chi connectivity index (χ0v) is 15.0. The molecule has 0 amide bonds. The number of ether oxygens (including phenoxy) is 1. The van der Waals surface area contributed by atoms with Crippen LogP contribution in [-0.2, 0) is 11.3 Å². The summed E-state index contributed by atoms with van der Waals surface area (Å²) >= 11 is 3.36. The van der Waals surface area contributed by atoms with E-state index >= 15 is 0 Å². The van der Waals surface area contributed by atoms with Crippen LogP contribution in [-0.4, -0.2) is 32.4 Å². The lowest BCUT2D eigenvalue weighted by Gasteiger charge is -2.22. The van der Waals surface area contributed by atoms with Crippen molar-refractivity contribution in [2.75, 3.05) is 6.61 Å². The molecular weight excluding hydrogens is 394 g/mol. The van der Waals surface area contributed by atoms with E-state index in [0.29, 0.717) is 10.1 Å². The van der Waals surface area contributed by atoms with Crippen LogP contribution in [0.2, 0.25) is 0 Å². The molecule has 1 unspecified atom stereocenters. The molecule has 1 aliphatic heterocycles. The average molecular weight is 411 g/mol. The third-order valence-electron chi connectivity index (χ3n) is 4.43. The molecule has 3 aromatic rings. The average Bonchev–Trinajstić information content (AvgIpc) is 3.20. The highest BCUT2D eigenvalue weighted by Gasteiger charge is 2.19. The van der Waals surface area contributed by atoms with E-state index in [1.807, 2.05) is 16.9 Å². The maximum Gasteiger partial charge on any atom is 0.256 e. The molecule has 25 heavy (non-hydrogen) atoms. The van der Waals surface area contributed by atoms with Gasteiger partial charge in [0.1, 0.15) is 10.8 Å². The summed E-state index contributed by atoms with van der Waals surface area (Å²) in [4.78, 5) is 4.17. The summed E-state index contributed by atoms with van der Waals surface area (Å²) in [5.41, 5.74) is 2.42. The molecule has 4 heterocycles. The minimum absolute atomic E-state index is 0.0506. The second-order valence-electron chi connectivity index (χ2n) is 6.14. The fourth-order valence-electron chi connectivity index (χ4n) is 3.26. The molecular formula is C17H17BrF2N4O. The molecule has 132 valence electrons. The number of aromatic nitrogens is 4. The van der Waals surface area contributed by atoms with Gasteiger partial charge in [0.05, 0.1) is 24.5 Å². The number of hydrogen-bond acceptors (Lipinski definition) is 3. The van der Waals surface area contributed by atoms with Crippen molar-refractivity contribution in [3.63, 3.8) is 0 Å². The first-order chi connectivity index (χ1) is 12.1. The smallest absolute Gasteiger partial charge is 0.256 e. The first kappa shape index (κ1) is 16.7. The van der Waals surface area contributed by atoms with Crippen LogP contribution in [0.3, 0.4) is 0 Å². The molecule has 0 radical (unpaired) electrons. The molecule has 0 saturated carbocycles. The molecule has 0 bridgehead atoms. The van der Waals surface area contributed by atoms with E-state index in [9.17, 15) is 8.78 Å². The quantitative estimate of drug-likeness (QED) is 0.589. The number of hydrogen-bond donors (Lipinski definition) is 0. The Bertz CT molecular complexity index is 886. The van der Waals surface area contributed by atoms with E-state index in [0.717, 1.165) is 42.4 Å². The highest BCUT2D eigenvalue weighted by Crippen LogP contribution is 2.33. The van der Waals surface area contributed by atoms with E-state index in [1.54, 1.807) is 23.2 Å². The molecule has 0 N–H and O–H groups in total. The van der Waals surface area contributed by atoms with Crippen LogP contribution in [0.15, 0.2) is 35.5 Å².